The van der Waals surface area contributed by atoms with Crippen LogP contribution in [0.25, 0.3) is 5.69 Å². The smallest absolute Gasteiger partial charge is 0.255 e. The lowest BCUT2D eigenvalue weighted by Crippen LogP contribution is -2.45. The Labute approximate surface area is 238 Å². The molecule has 2 heterocycles. The molecule has 0 aliphatic carbocycles. The summed E-state index contributed by atoms with van der Waals surface area (Å²) >= 11 is 0. The fraction of sp³-hybridized carbons (Fsp3) is 0.300. The number of benzene rings is 3. The Morgan fingerprint density at radius 2 is 1.63 bits per heavy atom. The molecule has 0 radical (unpaired) electrons. The maximum atomic E-state index is 13.5. The van der Waals surface area contributed by atoms with E-state index in [0.717, 1.165) is 60.6 Å². The quantitative estimate of drug-likeness (QED) is 0.317. The molecule has 1 aliphatic heterocycles. The SMILES string of the molecule is CN1CCN(c2ccc(NCc3cn(-c4cccc(CNc5cc(F)cc(F)c5)c4)nn3)cc2C(=O)N(C)C)CC1. The maximum absolute atomic E-state index is 13.5. The third-order valence-electron chi connectivity index (χ3n) is 7.03. The number of hydrogen-bond acceptors (Lipinski definition) is 7. The van der Waals surface area contributed by atoms with E-state index in [1.54, 1.807) is 23.7 Å². The molecule has 41 heavy (non-hydrogen) atoms. The highest BCUT2D eigenvalue weighted by Crippen LogP contribution is 2.27. The number of likely N-dealkylation sites (N-methyl/N-ethyl adjacent to an activating group) is 1. The molecule has 0 unspecified atom stereocenters. The van der Waals surface area contributed by atoms with Gasteiger partial charge in [-0.3, -0.25) is 4.79 Å². The van der Waals surface area contributed by atoms with Gasteiger partial charge < -0.3 is 25.3 Å². The lowest BCUT2D eigenvalue weighted by Gasteiger charge is -2.35. The first-order chi connectivity index (χ1) is 19.7. The number of anilines is 3. The van der Waals surface area contributed by atoms with Crippen LogP contribution < -0.4 is 15.5 Å². The molecule has 11 heteroatoms. The van der Waals surface area contributed by atoms with Crippen molar-refractivity contribution >= 4 is 23.0 Å². The highest BCUT2D eigenvalue weighted by Gasteiger charge is 2.21. The van der Waals surface area contributed by atoms with Gasteiger partial charge in [-0.2, -0.15) is 0 Å². The van der Waals surface area contributed by atoms with E-state index in [1.165, 1.54) is 12.1 Å². The molecule has 1 saturated heterocycles. The van der Waals surface area contributed by atoms with Crippen molar-refractivity contribution in [3.63, 3.8) is 0 Å². The van der Waals surface area contributed by atoms with E-state index in [0.29, 0.717) is 24.3 Å². The van der Waals surface area contributed by atoms with Crippen LogP contribution in [0.2, 0.25) is 0 Å². The highest BCUT2D eigenvalue weighted by atomic mass is 19.1. The summed E-state index contributed by atoms with van der Waals surface area (Å²) in [7, 11) is 5.64. The number of aromatic nitrogens is 3. The van der Waals surface area contributed by atoms with Gasteiger partial charge in [-0.1, -0.05) is 17.3 Å². The molecule has 0 saturated carbocycles. The first kappa shape index (κ1) is 28.0. The summed E-state index contributed by atoms with van der Waals surface area (Å²) in [5.74, 6) is -1.29. The standard InChI is InChI=1S/C30H34F2N8O/c1-37(2)30(41)28-17-24(7-8-29(28)39-11-9-38(3)10-12-39)34-19-26-20-40(36-35-26)27-6-4-5-21(13-27)18-33-25-15-22(31)14-23(32)16-25/h4-8,13-17,20,33-34H,9-12,18-19H2,1-3H3. The van der Waals surface area contributed by atoms with Crippen LogP contribution in [0.5, 0.6) is 0 Å². The van der Waals surface area contributed by atoms with E-state index < -0.39 is 11.6 Å². The normalized spacial score (nSPS) is 13.7. The Kier molecular flexibility index (Phi) is 8.44. The second-order valence-corrected chi connectivity index (χ2v) is 10.4. The van der Waals surface area contributed by atoms with Crippen molar-refractivity contribution in [3.05, 3.63) is 95.3 Å². The Hall–Kier alpha value is -4.51. The van der Waals surface area contributed by atoms with Crippen molar-refractivity contribution < 1.29 is 13.6 Å². The van der Waals surface area contributed by atoms with Crippen molar-refractivity contribution in [1.29, 1.82) is 0 Å². The fourth-order valence-electron chi connectivity index (χ4n) is 4.75. The van der Waals surface area contributed by atoms with Crippen LogP contribution in [0.4, 0.5) is 25.8 Å². The zero-order valence-corrected chi connectivity index (χ0v) is 23.4. The average molecular weight is 561 g/mol. The molecular formula is C30H34F2N8O. The number of carbonyl (C=O) groups is 1. The van der Waals surface area contributed by atoms with Gasteiger partial charge in [0.15, 0.2) is 0 Å². The van der Waals surface area contributed by atoms with Crippen LogP contribution in [0.1, 0.15) is 21.6 Å². The number of carbonyl (C=O) groups excluding carboxylic acids is 1. The molecule has 0 bridgehead atoms. The van der Waals surface area contributed by atoms with Crippen LogP contribution >= 0.6 is 0 Å². The molecule has 1 amide bonds. The van der Waals surface area contributed by atoms with Gasteiger partial charge in [0, 0.05) is 69.9 Å². The second-order valence-electron chi connectivity index (χ2n) is 10.4. The van der Waals surface area contributed by atoms with Gasteiger partial charge in [-0.15, -0.1) is 5.10 Å². The minimum atomic E-state index is -0.628. The predicted octanol–water partition coefficient (Wildman–Crippen LogP) is 4.22. The van der Waals surface area contributed by atoms with E-state index in [2.05, 4.69) is 37.8 Å². The summed E-state index contributed by atoms with van der Waals surface area (Å²) in [5.41, 5.74) is 5.26. The molecule has 0 spiro atoms. The minimum Gasteiger partial charge on any atom is -0.381 e. The maximum Gasteiger partial charge on any atom is 0.255 e. The number of nitrogens with one attached hydrogen (secondary N) is 2. The molecule has 9 nitrogen and oxygen atoms in total. The monoisotopic (exact) mass is 560 g/mol. The summed E-state index contributed by atoms with van der Waals surface area (Å²) in [6.45, 7) is 4.48. The van der Waals surface area contributed by atoms with E-state index in [4.69, 9.17) is 0 Å². The van der Waals surface area contributed by atoms with Gasteiger partial charge in [0.1, 0.15) is 17.3 Å². The Bertz CT molecular complexity index is 1490. The molecule has 2 N–H and O–H groups in total. The number of halogens is 2. The largest absolute Gasteiger partial charge is 0.381 e. The summed E-state index contributed by atoms with van der Waals surface area (Å²) in [5, 5.41) is 15.0. The summed E-state index contributed by atoms with van der Waals surface area (Å²) < 4.78 is 28.6. The van der Waals surface area contributed by atoms with E-state index in [9.17, 15) is 13.6 Å². The molecular weight excluding hydrogens is 526 g/mol. The second kappa shape index (κ2) is 12.3. The van der Waals surface area contributed by atoms with Gasteiger partial charge in [0.05, 0.1) is 24.0 Å². The van der Waals surface area contributed by atoms with Gasteiger partial charge >= 0.3 is 0 Å². The van der Waals surface area contributed by atoms with Crippen molar-refractivity contribution in [2.45, 2.75) is 13.1 Å². The van der Waals surface area contributed by atoms with Crippen molar-refractivity contribution in [1.82, 2.24) is 24.8 Å². The van der Waals surface area contributed by atoms with Gasteiger partial charge in [-0.25, -0.2) is 13.5 Å². The number of amides is 1. The van der Waals surface area contributed by atoms with E-state index in [1.807, 2.05) is 48.7 Å². The van der Waals surface area contributed by atoms with Crippen LogP contribution in [-0.4, -0.2) is 78.0 Å². The Morgan fingerprint density at radius 1 is 0.902 bits per heavy atom. The van der Waals surface area contributed by atoms with Crippen LogP contribution in [-0.2, 0) is 13.1 Å². The molecule has 1 fully saturated rings. The molecule has 1 aliphatic rings. The van der Waals surface area contributed by atoms with Crippen LogP contribution in [0, 0.1) is 11.6 Å². The molecule has 214 valence electrons. The fourth-order valence-corrected chi connectivity index (χ4v) is 4.75. The van der Waals surface area contributed by atoms with Gasteiger partial charge in [0.2, 0.25) is 0 Å². The summed E-state index contributed by atoms with van der Waals surface area (Å²) in [6.07, 6.45) is 1.84. The van der Waals surface area contributed by atoms with Crippen LogP contribution in [0.3, 0.4) is 0 Å². The molecule has 4 aromatic rings. The number of hydrogen-bond donors (Lipinski definition) is 2. The van der Waals surface area contributed by atoms with Crippen molar-refractivity contribution in [2.24, 2.45) is 0 Å². The lowest BCUT2D eigenvalue weighted by atomic mass is 10.1. The van der Waals surface area contributed by atoms with Crippen molar-refractivity contribution in [3.8, 4) is 5.69 Å². The number of rotatable bonds is 9. The Balaban J connectivity index is 1.25. The minimum absolute atomic E-state index is 0.0366. The lowest BCUT2D eigenvalue weighted by molar-refractivity contribution is 0.0828. The zero-order valence-electron chi connectivity index (χ0n) is 23.4. The van der Waals surface area contributed by atoms with Crippen molar-refractivity contribution in [2.75, 3.05) is 62.9 Å². The number of nitrogens with zero attached hydrogens (tertiary/aromatic N) is 6. The van der Waals surface area contributed by atoms with Gasteiger partial charge in [-0.05, 0) is 55.1 Å². The Morgan fingerprint density at radius 3 is 2.37 bits per heavy atom. The molecule has 3 aromatic carbocycles. The molecule has 5 rings (SSSR count). The molecule has 1 aromatic heterocycles. The van der Waals surface area contributed by atoms with E-state index in [-0.39, 0.29) is 5.91 Å². The first-order valence-electron chi connectivity index (χ1n) is 13.5. The topological polar surface area (TPSA) is 81.6 Å². The van der Waals surface area contributed by atoms with E-state index >= 15 is 0 Å². The zero-order chi connectivity index (χ0) is 28.9. The third kappa shape index (κ3) is 6.98. The predicted molar refractivity (Wildman–Crippen MR) is 157 cm³/mol. The summed E-state index contributed by atoms with van der Waals surface area (Å²) in [6, 6.07) is 16.9. The molecule has 0 atom stereocenters. The highest BCUT2D eigenvalue weighted by molar-refractivity contribution is 6.00. The first-order valence-corrected chi connectivity index (χ1v) is 13.5. The average Bonchev–Trinajstić information content (AvgIpc) is 3.44. The van der Waals surface area contributed by atoms with Crippen LogP contribution in [0.15, 0.2) is 66.9 Å². The van der Waals surface area contributed by atoms with Gasteiger partial charge in [0.25, 0.3) is 5.91 Å². The number of piperazine rings is 1. The summed E-state index contributed by atoms with van der Waals surface area (Å²) in [4.78, 5) is 19.2. The third-order valence-corrected chi connectivity index (χ3v) is 7.03.